The summed E-state index contributed by atoms with van der Waals surface area (Å²) in [7, 11) is 0. The number of hydrogen-bond acceptors (Lipinski definition) is 1. The molecule has 0 radical (unpaired) electrons. The van der Waals surface area contributed by atoms with Crippen LogP contribution >= 0.6 is 23.2 Å². The van der Waals surface area contributed by atoms with E-state index in [0.717, 1.165) is 5.56 Å². The highest BCUT2D eigenvalue weighted by atomic mass is 35.5. The van der Waals surface area contributed by atoms with Crippen molar-refractivity contribution in [2.75, 3.05) is 0 Å². The fraction of sp³-hybridized carbons (Fsp3) is 0.400. The third-order valence-electron chi connectivity index (χ3n) is 2.34. The molecule has 3 heteroatoms. The first-order valence-corrected chi connectivity index (χ1v) is 5.12. The number of rotatable bonds is 2. The Balaban J connectivity index is 2.47. The van der Waals surface area contributed by atoms with Crippen molar-refractivity contribution in [3.05, 3.63) is 34.3 Å². The van der Waals surface area contributed by atoms with Crippen LogP contribution in [0, 0.1) is 0 Å². The molecule has 1 atom stereocenters. The quantitative estimate of drug-likeness (QED) is 0.752. The maximum atomic E-state index is 9.34. The Kier molecular flexibility index (Phi) is 2.50. The van der Waals surface area contributed by atoms with Crippen LogP contribution in [0.1, 0.15) is 35.4 Å². The first kappa shape index (κ1) is 9.32. The van der Waals surface area contributed by atoms with E-state index in [1.807, 2.05) is 12.1 Å². The molecule has 2 rings (SSSR count). The van der Waals surface area contributed by atoms with E-state index in [-0.39, 0.29) is 0 Å². The van der Waals surface area contributed by atoms with E-state index >= 15 is 0 Å². The second-order valence-corrected chi connectivity index (χ2v) is 4.17. The maximum absolute atomic E-state index is 9.34. The smallest absolute Gasteiger partial charge is 0.155 e. The molecule has 1 unspecified atom stereocenters. The fourth-order valence-corrected chi connectivity index (χ4v) is 2.14. The maximum Gasteiger partial charge on any atom is 0.155 e. The molecule has 0 spiro atoms. The van der Waals surface area contributed by atoms with Gasteiger partial charge in [-0.1, -0.05) is 35.3 Å². The molecule has 1 nitrogen and oxygen atoms in total. The van der Waals surface area contributed by atoms with Crippen molar-refractivity contribution in [2.24, 2.45) is 0 Å². The molecule has 1 fully saturated rings. The Morgan fingerprint density at radius 3 is 2.62 bits per heavy atom. The standard InChI is InChI=1S/C10H10Cl2O/c11-8-3-1-2-7(6-4-5-6)9(8)10(12)13/h1-3,6,10,13H,4-5H2. The summed E-state index contributed by atoms with van der Waals surface area (Å²) in [5.41, 5.74) is 0.813. The van der Waals surface area contributed by atoms with E-state index in [2.05, 4.69) is 0 Å². The molecule has 1 aliphatic rings. The summed E-state index contributed by atoms with van der Waals surface area (Å²) in [6.45, 7) is 0. The highest BCUT2D eigenvalue weighted by Crippen LogP contribution is 2.45. The lowest BCUT2D eigenvalue weighted by molar-refractivity contribution is 0.262. The van der Waals surface area contributed by atoms with Crippen molar-refractivity contribution < 1.29 is 5.11 Å². The van der Waals surface area contributed by atoms with Gasteiger partial charge in [0.05, 0.1) is 0 Å². The summed E-state index contributed by atoms with van der Waals surface area (Å²) in [6.07, 6.45) is 2.36. The van der Waals surface area contributed by atoms with E-state index in [4.69, 9.17) is 23.2 Å². The minimum atomic E-state index is -0.982. The van der Waals surface area contributed by atoms with Crippen molar-refractivity contribution in [1.82, 2.24) is 0 Å². The summed E-state index contributed by atoms with van der Waals surface area (Å²) in [4.78, 5) is 0. The van der Waals surface area contributed by atoms with Crippen LogP contribution in [0.15, 0.2) is 18.2 Å². The average Bonchev–Trinajstić information content (AvgIpc) is 2.85. The SMILES string of the molecule is OC(Cl)c1c(Cl)cccc1C1CC1. The highest BCUT2D eigenvalue weighted by molar-refractivity contribution is 6.32. The van der Waals surface area contributed by atoms with Crippen LogP contribution in [0.5, 0.6) is 0 Å². The Morgan fingerprint density at radius 2 is 2.08 bits per heavy atom. The van der Waals surface area contributed by atoms with E-state index < -0.39 is 5.56 Å². The Labute approximate surface area is 87.3 Å². The third kappa shape index (κ3) is 1.83. The molecule has 1 aromatic carbocycles. The molecule has 0 aromatic heterocycles. The number of aliphatic hydroxyl groups excluding tert-OH is 1. The van der Waals surface area contributed by atoms with Crippen molar-refractivity contribution in [2.45, 2.75) is 24.3 Å². The minimum absolute atomic E-state index is 0.557. The summed E-state index contributed by atoms with van der Waals surface area (Å²) < 4.78 is 0. The van der Waals surface area contributed by atoms with Gasteiger partial charge in [0.2, 0.25) is 0 Å². The predicted octanol–water partition coefficient (Wildman–Crippen LogP) is 3.45. The van der Waals surface area contributed by atoms with E-state index in [0.29, 0.717) is 16.5 Å². The first-order chi connectivity index (χ1) is 6.20. The van der Waals surface area contributed by atoms with Crippen molar-refractivity contribution in [1.29, 1.82) is 0 Å². The van der Waals surface area contributed by atoms with Crippen molar-refractivity contribution >= 4 is 23.2 Å². The van der Waals surface area contributed by atoms with Gasteiger partial charge in [0, 0.05) is 10.6 Å². The van der Waals surface area contributed by atoms with Gasteiger partial charge in [0.1, 0.15) is 0 Å². The molecule has 0 saturated heterocycles. The van der Waals surface area contributed by atoms with E-state index in [9.17, 15) is 5.11 Å². The number of benzene rings is 1. The van der Waals surface area contributed by atoms with Crippen molar-refractivity contribution in [3.8, 4) is 0 Å². The number of hydrogen-bond donors (Lipinski definition) is 1. The molecular weight excluding hydrogens is 207 g/mol. The van der Waals surface area contributed by atoms with E-state index in [1.54, 1.807) is 6.07 Å². The average molecular weight is 217 g/mol. The zero-order valence-electron chi connectivity index (χ0n) is 7.00. The lowest BCUT2D eigenvalue weighted by Crippen LogP contribution is -1.96. The van der Waals surface area contributed by atoms with Crippen LogP contribution in [0.25, 0.3) is 0 Å². The predicted molar refractivity (Wildman–Crippen MR) is 54.2 cm³/mol. The summed E-state index contributed by atoms with van der Waals surface area (Å²) in [5.74, 6) is 0.557. The molecule has 1 aromatic rings. The van der Waals surface area contributed by atoms with Crippen molar-refractivity contribution in [3.63, 3.8) is 0 Å². The van der Waals surface area contributed by atoms with Gasteiger partial charge in [-0.05, 0) is 30.4 Å². The Morgan fingerprint density at radius 1 is 1.38 bits per heavy atom. The fourth-order valence-electron chi connectivity index (χ4n) is 1.56. The minimum Gasteiger partial charge on any atom is -0.373 e. The van der Waals surface area contributed by atoms with Crippen LogP contribution in [0.3, 0.4) is 0 Å². The van der Waals surface area contributed by atoms with Gasteiger partial charge in [0.15, 0.2) is 5.56 Å². The lowest BCUT2D eigenvalue weighted by Gasteiger charge is -2.11. The number of alkyl halides is 1. The molecule has 1 aliphatic carbocycles. The highest BCUT2D eigenvalue weighted by Gasteiger charge is 2.28. The normalized spacial score (nSPS) is 18.7. The van der Waals surface area contributed by atoms with Gasteiger partial charge in [-0.15, -0.1) is 0 Å². The Hall–Kier alpha value is -0.240. The molecule has 0 heterocycles. The van der Waals surface area contributed by atoms with Gasteiger partial charge in [0.25, 0.3) is 0 Å². The molecule has 1 N–H and O–H groups in total. The monoisotopic (exact) mass is 216 g/mol. The third-order valence-corrected chi connectivity index (χ3v) is 2.89. The molecule has 0 aliphatic heterocycles. The van der Waals surface area contributed by atoms with Crippen LogP contribution in [0.4, 0.5) is 0 Å². The molecule has 1 saturated carbocycles. The van der Waals surface area contributed by atoms with Gasteiger partial charge >= 0.3 is 0 Å². The number of aliphatic hydroxyl groups is 1. The zero-order valence-corrected chi connectivity index (χ0v) is 8.52. The molecule has 13 heavy (non-hydrogen) atoms. The summed E-state index contributed by atoms with van der Waals surface area (Å²) in [5, 5.41) is 9.90. The van der Waals surface area contributed by atoms with Crippen LogP contribution in [-0.2, 0) is 0 Å². The van der Waals surface area contributed by atoms with Gasteiger partial charge < -0.3 is 5.11 Å². The van der Waals surface area contributed by atoms with Crippen LogP contribution < -0.4 is 0 Å². The van der Waals surface area contributed by atoms with Gasteiger partial charge in [-0.2, -0.15) is 0 Å². The van der Waals surface area contributed by atoms with Gasteiger partial charge in [-0.3, -0.25) is 0 Å². The molecule has 0 amide bonds. The summed E-state index contributed by atoms with van der Waals surface area (Å²) in [6, 6.07) is 5.65. The molecular formula is C10H10Cl2O. The molecule has 0 bridgehead atoms. The molecule has 70 valence electrons. The number of halogens is 2. The second kappa shape index (κ2) is 3.49. The second-order valence-electron chi connectivity index (χ2n) is 3.35. The lowest BCUT2D eigenvalue weighted by atomic mass is 10.0. The van der Waals surface area contributed by atoms with Gasteiger partial charge in [-0.25, -0.2) is 0 Å². The van der Waals surface area contributed by atoms with Crippen LogP contribution in [-0.4, -0.2) is 5.11 Å². The Bertz CT molecular complexity index is 319. The van der Waals surface area contributed by atoms with Crippen LogP contribution in [0.2, 0.25) is 5.02 Å². The summed E-state index contributed by atoms with van der Waals surface area (Å²) >= 11 is 11.6. The largest absolute Gasteiger partial charge is 0.373 e. The van der Waals surface area contributed by atoms with E-state index in [1.165, 1.54) is 12.8 Å². The zero-order chi connectivity index (χ0) is 9.42. The topological polar surface area (TPSA) is 20.2 Å². The first-order valence-electron chi connectivity index (χ1n) is 4.30.